The molecule has 4 aromatic rings. The molecule has 0 saturated carbocycles. The lowest BCUT2D eigenvalue weighted by molar-refractivity contribution is -0.137. The highest BCUT2D eigenvalue weighted by Crippen LogP contribution is 2.33. The largest absolute Gasteiger partial charge is 0.416 e. The molecule has 4 rings (SSSR count). The third kappa shape index (κ3) is 5.37. The molecule has 2 N–H and O–H groups in total. The van der Waals surface area contributed by atoms with Crippen molar-refractivity contribution in [3.63, 3.8) is 0 Å². The minimum atomic E-state index is -4.39. The first-order chi connectivity index (χ1) is 16.2. The number of alkyl halides is 3. The minimum absolute atomic E-state index is 0.156. The maximum Gasteiger partial charge on any atom is 0.416 e. The van der Waals surface area contributed by atoms with Gasteiger partial charge in [-0.25, -0.2) is 15.0 Å². The fraction of sp³-hybridized carbons (Fsp3) is 0.174. The van der Waals surface area contributed by atoms with Gasteiger partial charge in [-0.15, -0.1) is 11.3 Å². The number of ketones is 1. The summed E-state index contributed by atoms with van der Waals surface area (Å²) in [5.74, 6) is -0.388. The van der Waals surface area contributed by atoms with Crippen molar-refractivity contribution in [2.24, 2.45) is 0 Å². The van der Waals surface area contributed by atoms with Crippen molar-refractivity contribution in [1.82, 2.24) is 19.9 Å². The summed E-state index contributed by atoms with van der Waals surface area (Å²) in [7, 11) is 0. The summed E-state index contributed by atoms with van der Waals surface area (Å²) < 4.78 is 38.1. The van der Waals surface area contributed by atoms with Crippen LogP contribution in [0.5, 0.6) is 0 Å². The summed E-state index contributed by atoms with van der Waals surface area (Å²) in [4.78, 5) is 40.6. The second kappa shape index (κ2) is 9.56. The molecular formula is C23H18F3N5O2S. The fourth-order valence-corrected chi connectivity index (χ4v) is 4.09. The Morgan fingerprint density at radius 2 is 1.91 bits per heavy atom. The zero-order chi connectivity index (χ0) is 24.3. The Hall–Kier alpha value is -3.86. The van der Waals surface area contributed by atoms with Crippen molar-refractivity contribution < 1.29 is 18.0 Å². The standard InChI is InChI=1S/C23H18F3N5O2S/c1-13(9-19(32)18-10-17(29-12-30-18)16-3-2-8-27-21(16)33)20-11-28-22(34-20)31-15-6-4-14(5-7-15)23(24,25)26/h2-8,10-13H,9H2,1H3,(H,27,33)(H,28,31). The van der Waals surface area contributed by atoms with Gasteiger partial charge in [0.15, 0.2) is 10.9 Å². The first-order valence-corrected chi connectivity index (χ1v) is 11.0. The van der Waals surface area contributed by atoms with Gasteiger partial charge in [0.25, 0.3) is 5.56 Å². The molecule has 0 fully saturated rings. The van der Waals surface area contributed by atoms with Gasteiger partial charge in [-0.3, -0.25) is 9.59 Å². The molecule has 3 heterocycles. The molecule has 0 radical (unpaired) electrons. The molecule has 11 heteroatoms. The van der Waals surface area contributed by atoms with Crippen molar-refractivity contribution >= 4 is 27.9 Å². The van der Waals surface area contributed by atoms with Crippen LogP contribution in [0.25, 0.3) is 11.3 Å². The number of benzene rings is 1. The molecule has 0 spiro atoms. The quantitative estimate of drug-likeness (QED) is 0.339. The van der Waals surface area contributed by atoms with Crippen LogP contribution in [0.2, 0.25) is 0 Å². The Balaban J connectivity index is 1.42. The number of thiazole rings is 1. The molecule has 0 saturated heterocycles. The molecule has 0 aliphatic rings. The van der Waals surface area contributed by atoms with Gasteiger partial charge >= 0.3 is 6.18 Å². The SMILES string of the molecule is CC(CC(=O)c1cc(-c2ccc[nH]c2=O)ncn1)c1cnc(Nc2ccc(C(F)(F)F)cc2)s1. The van der Waals surface area contributed by atoms with Gasteiger partial charge in [-0.05, 0) is 48.4 Å². The molecule has 7 nitrogen and oxygen atoms in total. The number of Topliss-reactive ketones (excluding diaryl/α,β-unsaturated/α-hetero) is 1. The van der Waals surface area contributed by atoms with E-state index in [0.29, 0.717) is 22.1 Å². The molecule has 1 atom stereocenters. The monoisotopic (exact) mass is 485 g/mol. The van der Waals surface area contributed by atoms with Crippen molar-refractivity contribution in [3.8, 4) is 11.3 Å². The van der Waals surface area contributed by atoms with Crippen molar-refractivity contribution in [2.75, 3.05) is 5.32 Å². The first kappa shape index (κ1) is 23.3. The van der Waals surface area contributed by atoms with Gasteiger partial charge in [0, 0.05) is 29.4 Å². The molecule has 0 bridgehead atoms. The third-order valence-electron chi connectivity index (χ3n) is 5.01. The van der Waals surface area contributed by atoms with E-state index in [1.54, 1.807) is 18.3 Å². The number of H-pyrrole nitrogens is 1. The molecule has 1 unspecified atom stereocenters. The van der Waals surface area contributed by atoms with E-state index < -0.39 is 11.7 Å². The molecular weight excluding hydrogens is 467 g/mol. The summed E-state index contributed by atoms with van der Waals surface area (Å²) in [6.45, 7) is 1.87. The predicted octanol–water partition coefficient (Wildman–Crippen LogP) is 5.43. The van der Waals surface area contributed by atoms with Gasteiger partial charge < -0.3 is 10.3 Å². The van der Waals surface area contributed by atoms with Crippen LogP contribution in [0.1, 0.15) is 40.2 Å². The summed E-state index contributed by atoms with van der Waals surface area (Å²) in [6.07, 6.45) is 0.151. The lowest BCUT2D eigenvalue weighted by Crippen LogP contribution is -2.10. The van der Waals surface area contributed by atoms with Crippen LogP contribution in [0.4, 0.5) is 24.0 Å². The number of hydrogen-bond donors (Lipinski definition) is 2. The van der Waals surface area contributed by atoms with Crippen LogP contribution >= 0.6 is 11.3 Å². The van der Waals surface area contributed by atoms with E-state index in [2.05, 4.69) is 25.3 Å². The van der Waals surface area contributed by atoms with E-state index in [-0.39, 0.29) is 29.4 Å². The Morgan fingerprint density at radius 1 is 1.15 bits per heavy atom. The smallest absolute Gasteiger partial charge is 0.332 e. The lowest BCUT2D eigenvalue weighted by Gasteiger charge is -2.09. The number of carbonyl (C=O) groups excluding carboxylic acids is 1. The highest BCUT2D eigenvalue weighted by molar-refractivity contribution is 7.15. The number of nitrogens with one attached hydrogen (secondary N) is 2. The van der Waals surface area contributed by atoms with Gasteiger partial charge in [0.2, 0.25) is 0 Å². The Morgan fingerprint density at radius 3 is 2.62 bits per heavy atom. The van der Waals surface area contributed by atoms with Crippen LogP contribution in [0.3, 0.4) is 0 Å². The van der Waals surface area contributed by atoms with Crippen molar-refractivity contribution in [2.45, 2.75) is 25.4 Å². The molecule has 3 aromatic heterocycles. The van der Waals surface area contributed by atoms with Gasteiger partial charge in [0.1, 0.15) is 12.0 Å². The predicted molar refractivity (Wildman–Crippen MR) is 122 cm³/mol. The topological polar surface area (TPSA) is 101 Å². The number of aromatic nitrogens is 4. The number of rotatable bonds is 7. The van der Waals surface area contributed by atoms with E-state index in [4.69, 9.17) is 0 Å². The molecule has 34 heavy (non-hydrogen) atoms. The average molecular weight is 485 g/mol. The number of hydrogen-bond acceptors (Lipinski definition) is 7. The van der Waals surface area contributed by atoms with Crippen molar-refractivity contribution in [1.29, 1.82) is 0 Å². The van der Waals surface area contributed by atoms with E-state index in [1.165, 1.54) is 42.1 Å². The second-order valence-corrected chi connectivity index (χ2v) is 8.56. The van der Waals surface area contributed by atoms with E-state index >= 15 is 0 Å². The van der Waals surface area contributed by atoms with Crippen LogP contribution in [-0.2, 0) is 6.18 Å². The van der Waals surface area contributed by atoms with Crippen LogP contribution in [-0.4, -0.2) is 25.7 Å². The molecule has 1 aromatic carbocycles. The maximum absolute atomic E-state index is 12.8. The average Bonchev–Trinajstić information content (AvgIpc) is 3.28. The highest BCUT2D eigenvalue weighted by atomic mass is 32.1. The van der Waals surface area contributed by atoms with Crippen molar-refractivity contribution in [3.05, 3.63) is 87.7 Å². The molecule has 174 valence electrons. The first-order valence-electron chi connectivity index (χ1n) is 10.1. The molecule has 0 aliphatic carbocycles. The van der Waals surface area contributed by atoms with Gasteiger partial charge in [0.05, 0.1) is 16.8 Å². The van der Waals surface area contributed by atoms with Crippen LogP contribution in [0, 0.1) is 0 Å². The number of halogens is 3. The number of carbonyl (C=O) groups is 1. The summed E-state index contributed by atoms with van der Waals surface area (Å²) in [5.41, 5.74) is 0.331. The number of aromatic amines is 1. The van der Waals surface area contributed by atoms with Crippen LogP contribution < -0.4 is 10.9 Å². The van der Waals surface area contributed by atoms with Crippen LogP contribution in [0.15, 0.2) is 66.0 Å². The number of anilines is 2. The minimum Gasteiger partial charge on any atom is -0.332 e. The van der Waals surface area contributed by atoms with E-state index in [9.17, 15) is 22.8 Å². The summed E-state index contributed by atoms with van der Waals surface area (Å²) >= 11 is 1.31. The molecule has 0 aliphatic heterocycles. The summed E-state index contributed by atoms with van der Waals surface area (Å²) in [5, 5.41) is 3.48. The lowest BCUT2D eigenvalue weighted by atomic mass is 10.0. The fourth-order valence-electron chi connectivity index (χ4n) is 3.20. The summed E-state index contributed by atoms with van der Waals surface area (Å²) in [6, 6.07) is 9.43. The zero-order valence-electron chi connectivity index (χ0n) is 17.8. The Bertz CT molecular complexity index is 1370. The molecule has 0 amide bonds. The zero-order valence-corrected chi connectivity index (χ0v) is 18.6. The second-order valence-electron chi connectivity index (χ2n) is 7.50. The maximum atomic E-state index is 12.8. The normalized spacial score (nSPS) is 12.4. The Labute approximate surface area is 195 Å². The van der Waals surface area contributed by atoms with E-state index in [0.717, 1.165) is 17.0 Å². The number of pyridine rings is 1. The number of nitrogens with zero attached hydrogens (tertiary/aromatic N) is 3. The Kier molecular flexibility index (Phi) is 6.55. The van der Waals surface area contributed by atoms with Gasteiger partial charge in [-0.2, -0.15) is 13.2 Å². The third-order valence-corrected chi connectivity index (χ3v) is 6.16. The van der Waals surface area contributed by atoms with E-state index in [1.807, 2.05) is 6.92 Å². The highest BCUT2D eigenvalue weighted by Gasteiger charge is 2.30. The van der Waals surface area contributed by atoms with Gasteiger partial charge in [-0.1, -0.05) is 6.92 Å².